The first kappa shape index (κ1) is 15.6. The van der Waals surface area contributed by atoms with Crippen LogP contribution in [0.2, 0.25) is 0 Å². The zero-order valence-electron chi connectivity index (χ0n) is 12.0. The molecule has 22 heavy (non-hydrogen) atoms. The fourth-order valence-corrected chi connectivity index (χ4v) is 2.41. The smallest absolute Gasteiger partial charge is 0.326 e. The van der Waals surface area contributed by atoms with Gasteiger partial charge in [0.1, 0.15) is 6.04 Å². The second kappa shape index (κ2) is 5.55. The molecule has 1 atom stereocenters. The second-order valence-corrected chi connectivity index (χ2v) is 5.45. The number of carboxylic acid groups (broad SMARTS) is 1. The van der Waals surface area contributed by atoms with Gasteiger partial charge in [0.2, 0.25) is 0 Å². The minimum atomic E-state index is -1.29. The van der Waals surface area contributed by atoms with Crippen LogP contribution in [0.1, 0.15) is 41.0 Å². The summed E-state index contributed by atoms with van der Waals surface area (Å²) in [7, 11) is 0. The van der Waals surface area contributed by atoms with Crippen LogP contribution >= 0.6 is 0 Å². The third kappa shape index (κ3) is 2.54. The largest absolute Gasteiger partial charge is 0.480 e. The van der Waals surface area contributed by atoms with Crippen molar-refractivity contribution in [3.63, 3.8) is 0 Å². The van der Waals surface area contributed by atoms with Crippen LogP contribution in [0.5, 0.6) is 0 Å². The van der Waals surface area contributed by atoms with Gasteiger partial charge in [-0.1, -0.05) is 13.8 Å². The maximum absolute atomic E-state index is 12.3. The molecule has 1 aliphatic rings. The highest BCUT2D eigenvalue weighted by molar-refractivity contribution is 6.22. The number of imide groups is 1. The summed E-state index contributed by atoms with van der Waals surface area (Å²) in [6.45, 7) is 3.55. The van der Waals surface area contributed by atoms with E-state index in [-0.39, 0.29) is 29.2 Å². The van der Waals surface area contributed by atoms with Crippen LogP contribution < -0.4 is 0 Å². The Balaban J connectivity index is 2.45. The molecule has 0 saturated carbocycles. The number of aliphatic carboxylic acids is 1. The monoisotopic (exact) mass is 306 g/mol. The molecule has 1 aromatic carbocycles. The van der Waals surface area contributed by atoms with Crippen LogP contribution in [0.25, 0.3) is 0 Å². The van der Waals surface area contributed by atoms with E-state index >= 15 is 0 Å². The number of nitrogens with zero attached hydrogens (tertiary/aromatic N) is 2. The molecule has 0 fully saturated rings. The van der Waals surface area contributed by atoms with Gasteiger partial charge in [0.05, 0.1) is 16.1 Å². The highest BCUT2D eigenvalue weighted by atomic mass is 16.6. The number of hydrogen-bond acceptors (Lipinski definition) is 5. The highest BCUT2D eigenvalue weighted by Crippen LogP contribution is 2.29. The number of amides is 2. The van der Waals surface area contributed by atoms with Crippen molar-refractivity contribution in [2.24, 2.45) is 5.92 Å². The van der Waals surface area contributed by atoms with Crippen molar-refractivity contribution in [3.8, 4) is 0 Å². The van der Waals surface area contributed by atoms with Crippen molar-refractivity contribution in [1.29, 1.82) is 0 Å². The topological polar surface area (TPSA) is 118 Å². The Labute approximate surface area is 125 Å². The quantitative estimate of drug-likeness (QED) is 0.502. The van der Waals surface area contributed by atoms with Crippen LogP contribution in [-0.4, -0.2) is 38.8 Å². The fraction of sp³-hybridized carbons (Fsp3) is 0.357. The first-order valence-corrected chi connectivity index (χ1v) is 6.63. The van der Waals surface area contributed by atoms with Crippen molar-refractivity contribution < 1.29 is 24.4 Å². The van der Waals surface area contributed by atoms with Gasteiger partial charge in [-0.25, -0.2) is 4.79 Å². The van der Waals surface area contributed by atoms with E-state index in [1.807, 2.05) is 0 Å². The van der Waals surface area contributed by atoms with E-state index in [0.717, 1.165) is 12.1 Å². The summed E-state index contributed by atoms with van der Waals surface area (Å²) < 4.78 is 0. The molecule has 0 aliphatic carbocycles. The van der Waals surface area contributed by atoms with Gasteiger partial charge in [0.15, 0.2) is 0 Å². The number of rotatable bonds is 5. The molecule has 0 saturated heterocycles. The number of benzene rings is 1. The van der Waals surface area contributed by atoms with Crippen LogP contribution in [-0.2, 0) is 4.79 Å². The molecule has 1 heterocycles. The molecule has 1 aliphatic heterocycles. The van der Waals surface area contributed by atoms with Crippen molar-refractivity contribution in [2.75, 3.05) is 0 Å². The molecule has 116 valence electrons. The van der Waals surface area contributed by atoms with Crippen molar-refractivity contribution in [3.05, 3.63) is 39.4 Å². The Morgan fingerprint density at radius 1 is 1.27 bits per heavy atom. The maximum Gasteiger partial charge on any atom is 0.326 e. The van der Waals surface area contributed by atoms with Gasteiger partial charge in [0.25, 0.3) is 17.5 Å². The number of carboxylic acids is 1. The molecule has 2 rings (SSSR count). The summed E-state index contributed by atoms with van der Waals surface area (Å²) in [4.78, 5) is 46.8. The molecule has 8 nitrogen and oxygen atoms in total. The molecule has 8 heteroatoms. The number of fused-ring (bicyclic) bond motifs is 1. The third-order valence-electron chi connectivity index (χ3n) is 3.40. The van der Waals surface area contributed by atoms with Crippen LogP contribution in [0, 0.1) is 16.0 Å². The van der Waals surface area contributed by atoms with Gasteiger partial charge in [-0.05, 0) is 18.4 Å². The normalized spacial score (nSPS) is 15.1. The Bertz CT molecular complexity index is 682. The number of nitro benzene ring substituents is 1. The average Bonchev–Trinajstić information content (AvgIpc) is 2.67. The summed E-state index contributed by atoms with van der Waals surface area (Å²) in [6.07, 6.45) is 0.114. The molecular weight excluding hydrogens is 292 g/mol. The van der Waals surface area contributed by atoms with Crippen LogP contribution in [0.3, 0.4) is 0 Å². The molecule has 0 aromatic heterocycles. The standard InChI is InChI=1S/C14H14N2O6/c1-7(2)5-11(14(19)20)15-12(17)9-4-3-8(16(21)22)6-10(9)13(15)18/h3-4,6-7,11H,5H2,1-2H3,(H,19,20). The summed E-state index contributed by atoms with van der Waals surface area (Å²) in [5.74, 6) is -2.86. The second-order valence-electron chi connectivity index (χ2n) is 5.45. The number of carbonyl (C=O) groups excluding carboxylic acids is 2. The molecule has 1 unspecified atom stereocenters. The summed E-state index contributed by atoms with van der Waals surface area (Å²) >= 11 is 0. The highest BCUT2D eigenvalue weighted by Gasteiger charge is 2.43. The lowest BCUT2D eigenvalue weighted by Crippen LogP contribution is -2.45. The third-order valence-corrected chi connectivity index (χ3v) is 3.40. The van der Waals surface area contributed by atoms with Gasteiger partial charge in [0, 0.05) is 12.1 Å². The van der Waals surface area contributed by atoms with Gasteiger partial charge < -0.3 is 5.11 Å². The molecule has 1 aromatic rings. The van der Waals surface area contributed by atoms with E-state index in [2.05, 4.69) is 0 Å². The molecule has 1 N–H and O–H groups in total. The minimum Gasteiger partial charge on any atom is -0.480 e. The van der Waals surface area contributed by atoms with Crippen molar-refractivity contribution in [2.45, 2.75) is 26.3 Å². The average molecular weight is 306 g/mol. The predicted octanol–water partition coefficient (Wildman–Crippen LogP) is 1.69. The first-order chi connectivity index (χ1) is 10.2. The Morgan fingerprint density at radius 2 is 1.86 bits per heavy atom. The Hall–Kier alpha value is -2.77. The van der Waals surface area contributed by atoms with Crippen LogP contribution in [0.15, 0.2) is 18.2 Å². The Morgan fingerprint density at radius 3 is 2.36 bits per heavy atom. The van der Waals surface area contributed by atoms with Gasteiger partial charge >= 0.3 is 5.97 Å². The number of non-ortho nitro benzene ring substituents is 1. The fourth-order valence-electron chi connectivity index (χ4n) is 2.41. The van der Waals surface area contributed by atoms with E-state index in [4.69, 9.17) is 0 Å². The lowest BCUT2D eigenvalue weighted by molar-refractivity contribution is -0.384. The SMILES string of the molecule is CC(C)CC(C(=O)O)N1C(=O)c2ccc([N+](=O)[O-])cc2C1=O. The summed E-state index contributed by atoms with van der Waals surface area (Å²) in [5, 5.41) is 20.0. The summed E-state index contributed by atoms with van der Waals surface area (Å²) in [5.41, 5.74) is -0.461. The van der Waals surface area contributed by atoms with Crippen molar-refractivity contribution >= 4 is 23.5 Å². The van der Waals surface area contributed by atoms with E-state index in [1.54, 1.807) is 13.8 Å². The zero-order valence-corrected chi connectivity index (χ0v) is 12.0. The zero-order chi connectivity index (χ0) is 16.6. The van der Waals surface area contributed by atoms with Crippen LogP contribution in [0.4, 0.5) is 5.69 Å². The van der Waals surface area contributed by atoms with E-state index in [1.165, 1.54) is 6.07 Å². The first-order valence-electron chi connectivity index (χ1n) is 6.63. The lowest BCUT2D eigenvalue weighted by atomic mass is 10.0. The van der Waals surface area contributed by atoms with E-state index in [9.17, 15) is 29.6 Å². The Kier molecular flexibility index (Phi) is 3.94. The molecule has 2 amide bonds. The van der Waals surface area contributed by atoms with Gasteiger partial charge in [-0.15, -0.1) is 0 Å². The van der Waals surface area contributed by atoms with Crippen molar-refractivity contribution in [1.82, 2.24) is 4.90 Å². The van der Waals surface area contributed by atoms with Gasteiger partial charge in [-0.3, -0.25) is 24.6 Å². The molecule has 0 radical (unpaired) electrons. The number of carbonyl (C=O) groups is 3. The number of nitro groups is 1. The van der Waals surface area contributed by atoms with Gasteiger partial charge in [-0.2, -0.15) is 0 Å². The minimum absolute atomic E-state index is 0.00870. The number of hydrogen-bond donors (Lipinski definition) is 1. The van der Waals surface area contributed by atoms with E-state index in [0.29, 0.717) is 4.90 Å². The van der Waals surface area contributed by atoms with E-state index < -0.39 is 28.7 Å². The molecule has 0 spiro atoms. The predicted molar refractivity (Wildman–Crippen MR) is 74.5 cm³/mol. The summed E-state index contributed by atoms with van der Waals surface area (Å²) in [6, 6.07) is 2.02. The molecule has 0 bridgehead atoms. The maximum atomic E-state index is 12.3. The lowest BCUT2D eigenvalue weighted by Gasteiger charge is -2.23. The molecular formula is C14H14N2O6.